The monoisotopic (exact) mass is 289 g/mol. The molecule has 3 rings (SSSR count). The molecule has 0 bridgehead atoms. The molecule has 0 aromatic heterocycles. The zero-order chi connectivity index (χ0) is 14.7. The van der Waals surface area contributed by atoms with Gasteiger partial charge in [-0.05, 0) is 37.8 Å². The number of amides is 2. The van der Waals surface area contributed by atoms with Gasteiger partial charge in [0.15, 0.2) is 0 Å². The topological polar surface area (TPSA) is 55.8 Å². The number of piperidine rings is 1. The second-order valence-corrected chi connectivity index (χ2v) is 5.88. The molecule has 0 aliphatic carbocycles. The van der Waals surface area contributed by atoms with Crippen LogP contribution >= 0.6 is 0 Å². The predicted molar refractivity (Wildman–Crippen MR) is 83.7 cm³/mol. The molecule has 0 unspecified atom stereocenters. The van der Waals surface area contributed by atoms with Gasteiger partial charge in [0.1, 0.15) is 0 Å². The van der Waals surface area contributed by atoms with E-state index in [1.165, 1.54) is 19.3 Å². The van der Waals surface area contributed by atoms with Gasteiger partial charge in [-0.25, -0.2) is 4.79 Å². The molecule has 5 heteroatoms. The highest BCUT2D eigenvalue weighted by molar-refractivity contribution is 5.93. The van der Waals surface area contributed by atoms with Gasteiger partial charge < -0.3 is 20.2 Å². The number of anilines is 2. The summed E-state index contributed by atoms with van der Waals surface area (Å²) in [5, 5.41) is 12.5. The molecular weight excluding hydrogens is 266 g/mol. The van der Waals surface area contributed by atoms with Gasteiger partial charge in [-0.15, -0.1) is 0 Å². The Labute approximate surface area is 125 Å². The van der Waals surface area contributed by atoms with Gasteiger partial charge in [-0.2, -0.15) is 0 Å². The van der Waals surface area contributed by atoms with E-state index in [1.807, 2.05) is 18.2 Å². The quantitative estimate of drug-likeness (QED) is 0.878. The summed E-state index contributed by atoms with van der Waals surface area (Å²) < 4.78 is 0. The number of para-hydroxylation sites is 2. The van der Waals surface area contributed by atoms with Gasteiger partial charge in [0.25, 0.3) is 0 Å². The highest BCUT2D eigenvalue weighted by Gasteiger charge is 2.25. The van der Waals surface area contributed by atoms with Crippen LogP contribution in [-0.4, -0.2) is 48.3 Å². The number of benzene rings is 1. The number of nitrogens with one attached hydrogen (secondary N) is 1. The summed E-state index contributed by atoms with van der Waals surface area (Å²) in [7, 11) is 0. The summed E-state index contributed by atoms with van der Waals surface area (Å²) in [6, 6.07) is 7.87. The van der Waals surface area contributed by atoms with E-state index < -0.39 is 0 Å². The summed E-state index contributed by atoms with van der Waals surface area (Å²) >= 11 is 0. The first-order valence-corrected chi connectivity index (χ1v) is 7.82. The second-order valence-electron chi connectivity index (χ2n) is 5.88. The number of urea groups is 1. The fourth-order valence-electron chi connectivity index (χ4n) is 3.11. The van der Waals surface area contributed by atoms with Crippen LogP contribution in [0.5, 0.6) is 0 Å². The molecule has 0 spiro atoms. The molecule has 2 amide bonds. The Balaban J connectivity index is 1.71. The third kappa shape index (κ3) is 3.29. The second kappa shape index (κ2) is 6.35. The molecule has 2 aliphatic rings. The third-order valence-corrected chi connectivity index (χ3v) is 4.29. The molecule has 2 fully saturated rings. The number of nitrogens with zero attached hydrogens (tertiary/aromatic N) is 2. The normalized spacial score (nSPS) is 22.4. The van der Waals surface area contributed by atoms with Crippen LogP contribution in [-0.2, 0) is 0 Å². The minimum Gasteiger partial charge on any atom is -0.391 e. The minimum absolute atomic E-state index is 0.115. The number of hydrogen-bond acceptors (Lipinski definition) is 3. The van der Waals surface area contributed by atoms with Gasteiger partial charge in [0.05, 0.1) is 17.5 Å². The number of carbonyl (C=O) groups excluding carboxylic acids is 1. The molecule has 114 valence electrons. The predicted octanol–water partition coefficient (Wildman–Crippen LogP) is 2.28. The smallest absolute Gasteiger partial charge is 0.321 e. The summed E-state index contributed by atoms with van der Waals surface area (Å²) in [5.74, 6) is 0. The molecule has 2 N–H and O–H groups in total. The number of β-amino-alcohol motifs (C(OH)–C–C–N with tert-alkyl or cyclic N) is 1. The molecule has 5 nitrogen and oxygen atoms in total. The third-order valence-electron chi connectivity index (χ3n) is 4.29. The first-order valence-electron chi connectivity index (χ1n) is 7.82. The van der Waals surface area contributed by atoms with E-state index in [9.17, 15) is 9.90 Å². The van der Waals surface area contributed by atoms with Gasteiger partial charge in [-0.1, -0.05) is 12.1 Å². The average molecular weight is 289 g/mol. The molecule has 2 aliphatic heterocycles. The van der Waals surface area contributed by atoms with E-state index in [0.717, 1.165) is 24.5 Å². The molecule has 0 radical (unpaired) electrons. The van der Waals surface area contributed by atoms with Crippen molar-refractivity contribution in [3.05, 3.63) is 24.3 Å². The van der Waals surface area contributed by atoms with Gasteiger partial charge in [0.2, 0.25) is 0 Å². The number of aliphatic hydroxyl groups is 1. The Morgan fingerprint density at radius 1 is 1.14 bits per heavy atom. The summed E-state index contributed by atoms with van der Waals surface area (Å²) in [6.45, 7) is 3.15. The van der Waals surface area contributed by atoms with Crippen LogP contribution in [0.2, 0.25) is 0 Å². The fourth-order valence-corrected chi connectivity index (χ4v) is 3.11. The number of aliphatic hydroxyl groups excluding tert-OH is 1. The number of likely N-dealkylation sites (tertiary alicyclic amines) is 1. The van der Waals surface area contributed by atoms with Crippen molar-refractivity contribution in [1.29, 1.82) is 0 Å². The van der Waals surface area contributed by atoms with E-state index in [-0.39, 0.29) is 12.1 Å². The van der Waals surface area contributed by atoms with Crippen molar-refractivity contribution in [3.63, 3.8) is 0 Å². The van der Waals surface area contributed by atoms with E-state index >= 15 is 0 Å². The maximum Gasteiger partial charge on any atom is 0.321 e. The molecule has 2 heterocycles. The van der Waals surface area contributed by atoms with Crippen molar-refractivity contribution in [2.75, 3.05) is 36.4 Å². The van der Waals surface area contributed by atoms with Crippen LogP contribution in [0, 0.1) is 0 Å². The lowest BCUT2D eigenvalue weighted by Gasteiger charge is -2.31. The fraction of sp³-hybridized carbons (Fsp3) is 0.562. The lowest BCUT2D eigenvalue weighted by Crippen LogP contribution is -2.35. The average Bonchev–Trinajstić information content (AvgIpc) is 2.95. The van der Waals surface area contributed by atoms with Crippen LogP contribution in [0.1, 0.15) is 25.7 Å². The van der Waals surface area contributed by atoms with Gasteiger partial charge >= 0.3 is 6.03 Å². The van der Waals surface area contributed by atoms with Gasteiger partial charge in [0, 0.05) is 26.2 Å². The SMILES string of the molecule is O=C(Nc1ccccc1N1CCCCC1)N1CC[C@@H](O)C1. The van der Waals surface area contributed by atoms with Crippen molar-refractivity contribution in [2.24, 2.45) is 0 Å². The maximum atomic E-state index is 12.3. The van der Waals surface area contributed by atoms with E-state index in [1.54, 1.807) is 4.90 Å². The Hall–Kier alpha value is -1.75. The first kappa shape index (κ1) is 14.2. The first-order chi connectivity index (χ1) is 10.2. The van der Waals surface area contributed by atoms with Crippen LogP contribution < -0.4 is 10.2 Å². The van der Waals surface area contributed by atoms with Crippen LogP contribution in [0.3, 0.4) is 0 Å². The summed E-state index contributed by atoms with van der Waals surface area (Å²) in [6.07, 6.45) is 3.99. The number of rotatable bonds is 2. The Morgan fingerprint density at radius 3 is 2.62 bits per heavy atom. The van der Waals surface area contributed by atoms with Crippen molar-refractivity contribution in [1.82, 2.24) is 4.90 Å². The summed E-state index contributed by atoms with van der Waals surface area (Å²) in [5.41, 5.74) is 1.97. The van der Waals surface area contributed by atoms with E-state index in [4.69, 9.17) is 0 Å². The van der Waals surface area contributed by atoms with E-state index in [2.05, 4.69) is 16.3 Å². The Kier molecular flexibility index (Phi) is 4.29. The zero-order valence-corrected chi connectivity index (χ0v) is 12.3. The molecule has 1 atom stereocenters. The van der Waals surface area contributed by atoms with Gasteiger partial charge in [-0.3, -0.25) is 0 Å². The van der Waals surface area contributed by atoms with Crippen molar-refractivity contribution < 1.29 is 9.90 Å². The van der Waals surface area contributed by atoms with E-state index in [0.29, 0.717) is 19.5 Å². The molecule has 1 aromatic rings. The van der Waals surface area contributed by atoms with Crippen LogP contribution in [0.15, 0.2) is 24.3 Å². The number of hydrogen-bond donors (Lipinski definition) is 2. The Morgan fingerprint density at radius 2 is 1.90 bits per heavy atom. The van der Waals surface area contributed by atoms with Crippen LogP contribution in [0.4, 0.5) is 16.2 Å². The Bertz CT molecular complexity index is 500. The standard InChI is InChI=1S/C16H23N3O2/c20-13-8-11-19(12-13)16(21)17-14-6-2-3-7-15(14)18-9-4-1-5-10-18/h2-3,6-7,13,20H,1,4-5,8-12H2,(H,17,21)/t13-/m1/s1. The lowest BCUT2D eigenvalue weighted by atomic mass is 10.1. The minimum atomic E-state index is -0.381. The highest BCUT2D eigenvalue weighted by atomic mass is 16.3. The lowest BCUT2D eigenvalue weighted by molar-refractivity contribution is 0.176. The molecule has 21 heavy (non-hydrogen) atoms. The van der Waals surface area contributed by atoms with Crippen molar-refractivity contribution in [2.45, 2.75) is 31.8 Å². The summed E-state index contributed by atoms with van der Waals surface area (Å²) in [4.78, 5) is 16.3. The highest BCUT2D eigenvalue weighted by Crippen LogP contribution is 2.28. The molecule has 1 aromatic carbocycles. The van der Waals surface area contributed by atoms with Crippen molar-refractivity contribution >= 4 is 17.4 Å². The molecule has 2 saturated heterocycles. The van der Waals surface area contributed by atoms with Crippen molar-refractivity contribution in [3.8, 4) is 0 Å². The molecule has 0 saturated carbocycles. The molecular formula is C16H23N3O2. The van der Waals surface area contributed by atoms with Crippen LogP contribution in [0.25, 0.3) is 0 Å². The zero-order valence-electron chi connectivity index (χ0n) is 12.3. The number of carbonyl (C=O) groups is 1. The largest absolute Gasteiger partial charge is 0.391 e. The maximum absolute atomic E-state index is 12.3.